The summed E-state index contributed by atoms with van der Waals surface area (Å²) in [6.07, 6.45) is 0. The maximum atomic E-state index is 12.2. The molecule has 1 rings (SSSR count). The molecule has 0 radical (unpaired) electrons. The normalized spacial score (nSPS) is 22.2. The highest BCUT2D eigenvalue weighted by atomic mass is 16.2. The van der Waals surface area contributed by atoms with Gasteiger partial charge in [0.05, 0.1) is 6.04 Å². The van der Waals surface area contributed by atoms with Crippen LogP contribution in [0.2, 0.25) is 0 Å². The van der Waals surface area contributed by atoms with Gasteiger partial charge in [-0.05, 0) is 38.2 Å². The number of hydrogen-bond donors (Lipinski definition) is 0. The van der Waals surface area contributed by atoms with Crippen molar-refractivity contribution in [2.24, 2.45) is 11.8 Å². The van der Waals surface area contributed by atoms with Crippen LogP contribution >= 0.6 is 0 Å². The second-order valence-corrected chi connectivity index (χ2v) is 5.73. The van der Waals surface area contributed by atoms with E-state index in [-0.39, 0.29) is 11.9 Å². The van der Waals surface area contributed by atoms with Crippen LogP contribution in [-0.4, -0.2) is 22.9 Å². The average Bonchev–Trinajstić information content (AvgIpc) is 2.39. The van der Waals surface area contributed by atoms with Crippen molar-refractivity contribution in [2.45, 2.75) is 60.5 Å². The second kappa shape index (κ2) is 4.60. The Balaban J connectivity index is 3.19. The lowest BCUT2D eigenvalue weighted by atomic mass is 9.87. The molecule has 1 aliphatic heterocycles. The van der Waals surface area contributed by atoms with Gasteiger partial charge in [0.25, 0.3) is 0 Å². The molecule has 16 heavy (non-hydrogen) atoms. The molecule has 1 aliphatic rings. The van der Waals surface area contributed by atoms with E-state index in [1.54, 1.807) is 0 Å². The first-order valence-electron chi connectivity index (χ1n) is 6.32. The van der Waals surface area contributed by atoms with Gasteiger partial charge in [-0.1, -0.05) is 27.7 Å². The molecule has 0 fully saturated rings. The molecule has 0 aromatic heterocycles. The van der Waals surface area contributed by atoms with Crippen LogP contribution in [0.15, 0.2) is 11.1 Å². The molecule has 0 aromatic rings. The minimum atomic E-state index is 0.234. The van der Waals surface area contributed by atoms with Crippen LogP contribution in [0.25, 0.3) is 0 Å². The topological polar surface area (TPSA) is 20.3 Å². The average molecular weight is 223 g/mol. The highest BCUT2D eigenvalue weighted by Crippen LogP contribution is 2.36. The third-order valence-electron chi connectivity index (χ3n) is 3.42. The summed E-state index contributed by atoms with van der Waals surface area (Å²) in [5.74, 6) is 1.18. The van der Waals surface area contributed by atoms with E-state index in [2.05, 4.69) is 46.4 Å². The molecule has 0 bridgehead atoms. The maximum absolute atomic E-state index is 12.2. The van der Waals surface area contributed by atoms with Crippen molar-refractivity contribution in [2.75, 3.05) is 0 Å². The molecule has 2 nitrogen and oxygen atoms in total. The van der Waals surface area contributed by atoms with Gasteiger partial charge in [-0.2, -0.15) is 0 Å². The minimum Gasteiger partial charge on any atom is -0.330 e. The fraction of sp³-hybridized carbons (Fsp3) is 0.786. The van der Waals surface area contributed by atoms with Crippen molar-refractivity contribution >= 4 is 5.91 Å². The molecule has 1 atom stereocenters. The van der Waals surface area contributed by atoms with E-state index in [1.165, 1.54) is 5.57 Å². The summed E-state index contributed by atoms with van der Waals surface area (Å²) in [6, 6.07) is 0.582. The first-order valence-corrected chi connectivity index (χ1v) is 6.32. The Hall–Kier alpha value is -0.790. The third-order valence-corrected chi connectivity index (χ3v) is 3.42. The van der Waals surface area contributed by atoms with Gasteiger partial charge >= 0.3 is 0 Å². The molecule has 1 heterocycles. The molecular formula is C14H25NO. The molecule has 0 saturated heterocycles. The quantitative estimate of drug-likeness (QED) is 0.719. The standard InChI is InChI=1S/C14H25NO/c1-8(2)12-11(7)14(16)15(10(5)6)13(12)9(3)4/h8-10,13H,1-7H3. The summed E-state index contributed by atoms with van der Waals surface area (Å²) < 4.78 is 0. The lowest BCUT2D eigenvalue weighted by Crippen LogP contribution is -2.44. The molecule has 1 unspecified atom stereocenters. The van der Waals surface area contributed by atoms with Gasteiger partial charge in [0.1, 0.15) is 0 Å². The number of carbonyl (C=O) groups excluding carboxylic acids is 1. The Kier molecular flexibility index (Phi) is 3.82. The van der Waals surface area contributed by atoms with Crippen molar-refractivity contribution in [1.82, 2.24) is 4.90 Å². The number of nitrogens with zero attached hydrogens (tertiary/aromatic N) is 1. The number of hydrogen-bond acceptors (Lipinski definition) is 1. The van der Waals surface area contributed by atoms with Crippen molar-refractivity contribution < 1.29 is 4.79 Å². The van der Waals surface area contributed by atoms with E-state index in [9.17, 15) is 4.79 Å². The summed E-state index contributed by atoms with van der Waals surface area (Å²) in [6.45, 7) is 15.0. The third kappa shape index (κ3) is 2.02. The monoisotopic (exact) mass is 223 g/mol. The zero-order valence-electron chi connectivity index (χ0n) is 11.7. The summed E-state index contributed by atoms with van der Waals surface area (Å²) in [5.41, 5.74) is 2.32. The van der Waals surface area contributed by atoms with Gasteiger partial charge in [0, 0.05) is 11.6 Å². The Morgan fingerprint density at radius 2 is 1.56 bits per heavy atom. The lowest BCUT2D eigenvalue weighted by molar-refractivity contribution is -0.129. The fourth-order valence-electron chi connectivity index (χ4n) is 2.83. The minimum absolute atomic E-state index is 0.234. The summed E-state index contributed by atoms with van der Waals surface area (Å²) >= 11 is 0. The van der Waals surface area contributed by atoms with Gasteiger partial charge in [0.2, 0.25) is 5.91 Å². The second-order valence-electron chi connectivity index (χ2n) is 5.73. The van der Waals surface area contributed by atoms with Gasteiger partial charge in [-0.3, -0.25) is 4.79 Å². The van der Waals surface area contributed by atoms with Gasteiger partial charge in [-0.25, -0.2) is 0 Å². The van der Waals surface area contributed by atoms with E-state index in [0.29, 0.717) is 17.9 Å². The smallest absolute Gasteiger partial charge is 0.250 e. The Morgan fingerprint density at radius 3 is 1.88 bits per heavy atom. The van der Waals surface area contributed by atoms with E-state index < -0.39 is 0 Å². The molecule has 0 N–H and O–H groups in total. The van der Waals surface area contributed by atoms with Crippen molar-refractivity contribution in [1.29, 1.82) is 0 Å². The van der Waals surface area contributed by atoms with Crippen molar-refractivity contribution in [3.05, 3.63) is 11.1 Å². The predicted octanol–water partition coefficient (Wildman–Crippen LogP) is 3.23. The highest BCUT2D eigenvalue weighted by molar-refractivity contribution is 5.97. The predicted molar refractivity (Wildman–Crippen MR) is 68.1 cm³/mol. The van der Waals surface area contributed by atoms with Gasteiger partial charge in [-0.15, -0.1) is 0 Å². The maximum Gasteiger partial charge on any atom is 0.250 e. The first kappa shape index (κ1) is 13.3. The summed E-state index contributed by atoms with van der Waals surface area (Å²) in [5, 5.41) is 0. The summed E-state index contributed by atoms with van der Waals surface area (Å²) in [4.78, 5) is 14.3. The molecule has 0 aliphatic carbocycles. The molecule has 92 valence electrons. The molecule has 0 spiro atoms. The lowest BCUT2D eigenvalue weighted by Gasteiger charge is -2.34. The number of carbonyl (C=O) groups is 1. The van der Waals surface area contributed by atoms with Crippen LogP contribution in [0, 0.1) is 11.8 Å². The molecule has 0 aromatic carbocycles. The zero-order valence-corrected chi connectivity index (χ0v) is 11.7. The first-order chi connectivity index (χ1) is 7.29. The molecule has 1 amide bonds. The summed E-state index contributed by atoms with van der Waals surface area (Å²) in [7, 11) is 0. The fourth-order valence-corrected chi connectivity index (χ4v) is 2.83. The van der Waals surface area contributed by atoms with Crippen molar-refractivity contribution in [3.63, 3.8) is 0 Å². The van der Waals surface area contributed by atoms with E-state index in [1.807, 2.05) is 6.92 Å². The van der Waals surface area contributed by atoms with Crippen LogP contribution in [0.3, 0.4) is 0 Å². The zero-order chi connectivity index (χ0) is 12.6. The number of rotatable bonds is 3. The van der Waals surface area contributed by atoms with Crippen LogP contribution in [0.4, 0.5) is 0 Å². The van der Waals surface area contributed by atoms with E-state index in [0.717, 1.165) is 5.57 Å². The molecule has 2 heteroatoms. The van der Waals surface area contributed by atoms with Crippen molar-refractivity contribution in [3.8, 4) is 0 Å². The largest absolute Gasteiger partial charge is 0.330 e. The van der Waals surface area contributed by atoms with Crippen LogP contribution in [0.5, 0.6) is 0 Å². The van der Waals surface area contributed by atoms with Gasteiger partial charge < -0.3 is 4.90 Å². The Morgan fingerprint density at radius 1 is 1.06 bits per heavy atom. The highest BCUT2D eigenvalue weighted by Gasteiger charge is 2.40. The van der Waals surface area contributed by atoms with E-state index in [4.69, 9.17) is 0 Å². The molecule has 0 saturated carbocycles. The van der Waals surface area contributed by atoms with E-state index >= 15 is 0 Å². The Bertz CT molecular complexity index is 313. The Labute approximate surface area is 99.7 Å². The SMILES string of the molecule is CC1=C(C(C)C)C(C(C)C)N(C(C)C)C1=O. The molecular weight excluding hydrogens is 198 g/mol. The van der Waals surface area contributed by atoms with Crippen LogP contribution in [0.1, 0.15) is 48.5 Å². The van der Waals surface area contributed by atoms with Crippen LogP contribution in [-0.2, 0) is 4.79 Å². The van der Waals surface area contributed by atoms with Gasteiger partial charge in [0.15, 0.2) is 0 Å². The number of amides is 1. The van der Waals surface area contributed by atoms with Crippen LogP contribution < -0.4 is 0 Å².